The zero-order valence-electron chi connectivity index (χ0n) is 13.3. The molecule has 0 atom stereocenters. The Labute approximate surface area is 126 Å². The fourth-order valence-electron chi connectivity index (χ4n) is 2.83. The van der Waals surface area contributed by atoms with Gasteiger partial charge in [-0.05, 0) is 29.9 Å². The van der Waals surface area contributed by atoms with E-state index in [0.717, 1.165) is 10.9 Å². The highest BCUT2D eigenvalue weighted by Crippen LogP contribution is 2.20. The second kappa shape index (κ2) is 6.70. The van der Waals surface area contributed by atoms with Gasteiger partial charge in [-0.2, -0.15) is 0 Å². The Morgan fingerprint density at radius 2 is 1.76 bits per heavy atom. The largest absolute Gasteiger partial charge is 0.352 e. The summed E-state index contributed by atoms with van der Waals surface area (Å²) in [6, 6.07) is 9.58. The fourth-order valence-corrected chi connectivity index (χ4v) is 2.83. The fraction of sp³-hybridized carbons (Fsp3) is 0.444. The van der Waals surface area contributed by atoms with E-state index in [1.807, 2.05) is 30.3 Å². The number of benzene rings is 1. The maximum absolute atomic E-state index is 12.5. The van der Waals surface area contributed by atoms with E-state index in [1.165, 1.54) is 0 Å². The number of amides is 1. The van der Waals surface area contributed by atoms with Gasteiger partial charge in [0.15, 0.2) is 0 Å². The van der Waals surface area contributed by atoms with E-state index in [1.54, 1.807) is 6.20 Å². The number of carbonyl (C=O) groups excluding carboxylic acids is 1. The lowest BCUT2D eigenvalue weighted by molar-refractivity contribution is 0.0938. The number of pyridine rings is 1. The van der Waals surface area contributed by atoms with Crippen molar-refractivity contribution in [2.24, 2.45) is 17.8 Å². The van der Waals surface area contributed by atoms with Crippen molar-refractivity contribution < 1.29 is 4.79 Å². The monoisotopic (exact) mass is 284 g/mol. The number of hydrogen-bond donors (Lipinski definition) is 1. The van der Waals surface area contributed by atoms with Gasteiger partial charge in [-0.3, -0.25) is 9.78 Å². The molecule has 1 N–H and O–H groups in total. The highest BCUT2D eigenvalue weighted by Gasteiger charge is 2.19. The summed E-state index contributed by atoms with van der Waals surface area (Å²) in [5, 5.41) is 4.07. The van der Waals surface area contributed by atoms with Crippen LogP contribution < -0.4 is 5.32 Å². The molecule has 3 nitrogen and oxygen atoms in total. The van der Waals surface area contributed by atoms with Crippen LogP contribution >= 0.6 is 0 Å². The summed E-state index contributed by atoms with van der Waals surface area (Å²) in [5.41, 5.74) is 1.42. The molecule has 0 saturated heterocycles. The lowest BCUT2D eigenvalue weighted by Crippen LogP contribution is -2.34. The van der Waals surface area contributed by atoms with Gasteiger partial charge in [0.25, 0.3) is 5.91 Å². The molecule has 1 amide bonds. The lowest BCUT2D eigenvalue weighted by atomic mass is 9.85. The Morgan fingerprint density at radius 3 is 2.43 bits per heavy atom. The molecule has 2 aromatic rings. The third kappa shape index (κ3) is 3.60. The van der Waals surface area contributed by atoms with Crippen LogP contribution in [0.2, 0.25) is 0 Å². The quantitative estimate of drug-likeness (QED) is 0.905. The first-order valence-corrected chi connectivity index (χ1v) is 7.62. The van der Waals surface area contributed by atoms with Gasteiger partial charge in [-0.1, -0.05) is 45.9 Å². The van der Waals surface area contributed by atoms with Gasteiger partial charge in [0.2, 0.25) is 0 Å². The highest BCUT2D eigenvalue weighted by atomic mass is 16.1. The summed E-state index contributed by atoms with van der Waals surface area (Å²) >= 11 is 0. The number of nitrogens with zero attached hydrogens (tertiary/aromatic N) is 1. The van der Waals surface area contributed by atoms with Crippen LogP contribution in [-0.4, -0.2) is 17.4 Å². The van der Waals surface area contributed by atoms with Gasteiger partial charge in [-0.25, -0.2) is 0 Å². The first-order chi connectivity index (χ1) is 10.0. The van der Waals surface area contributed by atoms with E-state index in [4.69, 9.17) is 0 Å². The van der Waals surface area contributed by atoms with Crippen LogP contribution in [0.15, 0.2) is 36.5 Å². The lowest BCUT2D eigenvalue weighted by Gasteiger charge is -2.25. The molecule has 0 saturated carbocycles. The van der Waals surface area contributed by atoms with Crippen LogP contribution in [0.1, 0.15) is 38.1 Å². The van der Waals surface area contributed by atoms with Crippen LogP contribution in [0, 0.1) is 17.8 Å². The first-order valence-electron chi connectivity index (χ1n) is 7.62. The third-order valence-electron chi connectivity index (χ3n) is 4.09. The van der Waals surface area contributed by atoms with Crippen molar-refractivity contribution in [3.63, 3.8) is 0 Å². The molecule has 112 valence electrons. The van der Waals surface area contributed by atoms with Crippen LogP contribution in [0.4, 0.5) is 0 Å². The number of rotatable bonds is 5. The van der Waals surface area contributed by atoms with Crippen molar-refractivity contribution in [2.45, 2.75) is 27.7 Å². The summed E-state index contributed by atoms with van der Waals surface area (Å²) in [4.78, 5) is 16.8. The molecule has 1 aromatic carbocycles. The molecular formula is C18H24N2O. The molecule has 0 unspecified atom stereocenters. The maximum atomic E-state index is 12.5. The van der Waals surface area contributed by atoms with E-state index in [2.05, 4.69) is 38.0 Å². The zero-order chi connectivity index (χ0) is 15.4. The average molecular weight is 284 g/mol. The number of fused-ring (bicyclic) bond motifs is 1. The van der Waals surface area contributed by atoms with Crippen LogP contribution in [0.3, 0.4) is 0 Å². The van der Waals surface area contributed by atoms with Crippen molar-refractivity contribution in [3.05, 3.63) is 42.1 Å². The number of para-hydroxylation sites is 1. The third-order valence-corrected chi connectivity index (χ3v) is 4.09. The molecule has 21 heavy (non-hydrogen) atoms. The highest BCUT2D eigenvalue weighted by molar-refractivity contribution is 6.05. The van der Waals surface area contributed by atoms with Gasteiger partial charge in [0.05, 0.1) is 11.1 Å². The van der Waals surface area contributed by atoms with Crippen LogP contribution in [0.5, 0.6) is 0 Å². The standard InChI is InChI=1S/C18H24N2O/c1-12(2)16(13(3)4)11-20-18(21)15-9-5-7-14-8-6-10-19-17(14)15/h5-10,12-13,16H,11H2,1-4H3,(H,20,21). The Balaban J connectivity index is 2.16. The van der Waals surface area contributed by atoms with Crippen molar-refractivity contribution in [3.8, 4) is 0 Å². The number of aromatic nitrogens is 1. The zero-order valence-corrected chi connectivity index (χ0v) is 13.3. The smallest absolute Gasteiger partial charge is 0.253 e. The Hall–Kier alpha value is -1.90. The molecule has 1 heterocycles. The Morgan fingerprint density at radius 1 is 1.10 bits per heavy atom. The van der Waals surface area contributed by atoms with Gasteiger partial charge < -0.3 is 5.32 Å². The Kier molecular flexibility index (Phi) is 4.94. The van der Waals surface area contributed by atoms with E-state index in [-0.39, 0.29) is 5.91 Å². The second-order valence-corrected chi connectivity index (χ2v) is 6.24. The molecule has 0 radical (unpaired) electrons. The molecule has 1 aromatic heterocycles. The van der Waals surface area contributed by atoms with Crippen molar-refractivity contribution in [1.29, 1.82) is 0 Å². The summed E-state index contributed by atoms with van der Waals surface area (Å²) in [5.74, 6) is 1.55. The number of nitrogens with one attached hydrogen (secondary N) is 1. The van der Waals surface area contributed by atoms with Gasteiger partial charge in [0, 0.05) is 18.1 Å². The maximum Gasteiger partial charge on any atom is 0.253 e. The van der Waals surface area contributed by atoms with Crippen molar-refractivity contribution >= 4 is 16.8 Å². The predicted octanol–water partition coefficient (Wildman–Crippen LogP) is 3.89. The molecule has 3 heteroatoms. The molecule has 0 bridgehead atoms. The molecule has 0 fully saturated rings. The minimum Gasteiger partial charge on any atom is -0.352 e. The molecule has 0 aliphatic heterocycles. The van der Waals surface area contributed by atoms with E-state index in [0.29, 0.717) is 29.9 Å². The predicted molar refractivity (Wildman–Crippen MR) is 87.2 cm³/mol. The van der Waals surface area contributed by atoms with Gasteiger partial charge in [-0.15, -0.1) is 0 Å². The van der Waals surface area contributed by atoms with Gasteiger partial charge in [0.1, 0.15) is 0 Å². The summed E-state index contributed by atoms with van der Waals surface area (Å²) in [6.07, 6.45) is 1.73. The minimum atomic E-state index is -0.0365. The molecule has 0 aliphatic carbocycles. The SMILES string of the molecule is CC(C)C(CNC(=O)c1cccc2cccnc12)C(C)C. The average Bonchev–Trinajstić information content (AvgIpc) is 2.46. The van der Waals surface area contributed by atoms with Crippen LogP contribution in [0.25, 0.3) is 10.9 Å². The first kappa shape index (κ1) is 15.5. The van der Waals surface area contributed by atoms with E-state index >= 15 is 0 Å². The topological polar surface area (TPSA) is 42.0 Å². The Bertz CT molecular complexity index is 606. The normalized spacial score (nSPS) is 11.6. The second-order valence-electron chi connectivity index (χ2n) is 6.24. The van der Waals surface area contributed by atoms with Crippen molar-refractivity contribution in [2.75, 3.05) is 6.54 Å². The number of carbonyl (C=O) groups is 1. The van der Waals surface area contributed by atoms with Gasteiger partial charge >= 0.3 is 0 Å². The molecule has 0 aliphatic rings. The number of hydrogen-bond acceptors (Lipinski definition) is 2. The summed E-state index contributed by atoms with van der Waals surface area (Å²) < 4.78 is 0. The molecule has 2 rings (SSSR count). The van der Waals surface area contributed by atoms with E-state index < -0.39 is 0 Å². The van der Waals surface area contributed by atoms with Crippen molar-refractivity contribution in [1.82, 2.24) is 10.3 Å². The summed E-state index contributed by atoms with van der Waals surface area (Å²) in [6.45, 7) is 9.52. The van der Waals surface area contributed by atoms with Crippen LogP contribution in [-0.2, 0) is 0 Å². The van der Waals surface area contributed by atoms with E-state index in [9.17, 15) is 4.79 Å². The molecule has 0 spiro atoms. The minimum absolute atomic E-state index is 0.0365. The summed E-state index contributed by atoms with van der Waals surface area (Å²) in [7, 11) is 0. The molecular weight excluding hydrogens is 260 g/mol.